The number of aromatic nitrogens is 2. The molecule has 3 aromatic rings. The fraction of sp³-hybridized carbons (Fsp3) is 0.409. The molecule has 0 unspecified atom stereocenters. The van der Waals surface area contributed by atoms with Crippen molar-refractivity contribution in [2.75, 3.05) is 33.4 Å². The van der Waals surface area contributed by atoms with Crippen LogP contribution in [0.4, 0.5) is 4.39 Å². The van der Waals surface area contributed by atoms with E-state index in [1.165, 1.54) is 33.8 Å². The van der Waals surface area contributed by atoms with Gasteiger partial charge in [-0.1, -0.05) is 18.2 Å². The van der Waals surface area contributed by atoms with Crippen LogP contribution >= 0.6 is 11.3 Å². The molecule has 1 amide bonds. The summed E-state index contributed by atoms with van der Waals surface area (Å²) in [6.45, 7) is 1.06. The molecule has 0 N–H and O–H groups in total. The number of carbonyl (C=O) groups is 1. The van der Waals surface area contributed by atoms with E-state index in [-0.39, 0.29) is 36.4 Å². The van der Waals surface area contributed by atoms with Gasteiger partial charge in [-0.15, -0.1) is 21.5 Å². The summed E-state index contributed by atoms with van der Waals surface area (Å²) in [7, 11) is -2.41. The van der Waals surface area contributed by atoms with E-state index in [1.54, 1.807) is 12.0 Å². The van der Waals surface area contributed by atoms with Gasteiger partial charge in [-0.2, -0.15) is 4.31 Å². The Morgan fingerprint density at radius 2 is 2.00 bits per heavy atom. The van der Waals surface area contributed by atoms with Crippen LogP contribution in [0.25, 0.3) is 10.8 Å². The van der Waals surface area contributed by atoms with E-state index < -0.39 is 15.8 Å². The zero-order valence-corrected chi connectivity index (χ0v) is 20.2. The maximum absolute atomic E-state index is 14.1. The number of ether oxygens (including phenoxy) is 1. The molecule has 9 nitrogen and oxygen atoms in total. The number of hydrogen-bond donors (Lipinski definition) is 0. The number of sulfonamides is 1. The minimum Gasteiger partial charge on any atom is -0.418 e. The molecule has 3 heterocycles. The van der Waals surface area contributed by atoms with Crippen LogP contribution in [0.15, 0.2) is 51.1 Å². The fourth-order valence-electron chi connectivity index (χ4n) is 3.84. The number of carbonyl (C=O) groups excluding carboxylic acids is 1. The first-order chi connectivity index (χ1) is 16.4. The Morgan fingerprint density at radius 1 is 1.24 bits per heavy atom. The smallest absolute Gasteiger partial charge is 0.257 e. The third-order valence-corrected chi connectivity index (χ3v) is 8.45. The van der Waals surface area contributed by atoms with Crippen molar-refractivity contribution in [3.8, 4) is 10.8 Å². The van der Waals surface area contributed by atoms with Gasteiger partial charge in [0.2, 0.25) is 21.8 Å². The standard InChI is InChI=1S/C22H25FN4O5S2/c1-31-13-12-26(15-20-24-25-21(32-20)18-6-4-14-33-18)22(28)16-8-10-27(11-9-16)34(29,30)19-7-3-2-5-17(19)23/h2-7,14,16H,8-13,15H2,1H3. The molecular weight excluding hydrogens is 483 g/mol. The van der Waals surface area contributed by atoms with E-state index in [9.17, 15) is 17.6 Å². The molecule has 4 rings (SSSR count). The molecule has 1 aromatic carbocycles. The van der Waals surface area contributed by atoms with Gasteiger partial charge in [-0.25, -0.2) is 12.8 Å². The molecule has 0 atom stereocenters. The predicted octanol–water partition coefficient (Wildman–Crippen LogP) is 3.01. The van der Waals surface area contributed by atoms with Crippen LogP contribution in [0.3, 0.4) is 0 Å². The van der Waals surface area contributed by atoms with Crippen LogP contribution in [-0.2, 0) is 26.1 Å². The summed E-state index contributed by atoms with van der Waals surface area (Å²) in [5, 5.41) is 10.0. The predicted molar refractivity (Wildman–Crippen MR) is 123 cm³/mol. The van der Waals surface area contributed by atoms with Gasteiger partial charge in [0.25, 0.3) is 5.89 Å². The van der Waals surface area contributed by atoms with Gasteiger partial charge in [-0.3, -0.25) is 4.79 Å². The number of methoxy groups -OCH3 is 1. The number of nitrogens with zero attached hydrogens (tertiary/aromatic N) is 4. The van der Waals surface area contributed by atoms with E-state index in [0.29, 0.717) is 37.8 Å². The van der Waals surface area contributed by atoms with Gasteiger partial charge in [0, 0.05) is 32.7 Å². The lowest BCUT2D eigenvalue weighted by Gasteiger charge is -2.33. The normalized spacial score (nSPS) is 15.5. The molecule has 0 radical (unpaired) electrons. The second-order valence-corrected chi connectivity index (χ2v) is 10.7. The number of hydrogen-bond acceptors (Lipinski definition) is 8. The van der Waals surface area contributed by atoms with Crippen LogP contribution in [0.2, 0.25) is 0 Å². The molecule has 1 aliphatic rings. The SMILES string of the molecule is COCCN(Cc1nnc(-c2cccs2)o1)C(=O)C1CCN(S(=O)(=O)c2ccccc2F)CC1. The van der Waals surface area contributed by atoms with Gasteiger partial charge in [0.1, 0.15) is 10.7 Å². The first-order valence-corrected chi connectivity index (χ1v) is 13.1. The fourth-order valence-corrected chi connectivity index (χ4v) is 6.02. The van der Waals surface area contributed by atoms with E-state index in [4.69, 9.17) is 9.15 Å². The Labute approximate surface area is 201 Å². The highest BCUT2D eigenvalue weighted by molar-refractivity contribution is 7.89. The summed E-state index contributed by atoms with van der Waals surface area (Å²) >= 11 is 1.48. The Bertz CT molecular complexity index is 1210. The second-order valence-electron chi connectivity index (χ2n) is 7.84. The summed E-state index contributed by atoms with van der Waals surface area (Å²) in [6.07, 6.45) is 0.667. The van der Waals surface area contributed by atoms with E-state index in [0.717, 1.165) is 10.9 Å². The van der Waals surface area contributed by atoms with Crippen molar-refractivity contribution >= 4 is 27.3 Å². The zero-order chi connectivity index (χ0) is 24.1. The highest BCUT2D eigenvalue weighted by atomic mass is 32.2. The molecule has 12 heteroatoms. The van der Waals surface area contributed by atoms with Crippen molar-refractivity contribution < 1.29 is 26.8 Å². The summed E-state index contributed by atoms with van der Waals surface area (Å²) in [5.41, 5.74) is 0. The van der Waals surface area contributed by atoms with Crippen LogP contribution in [0.1, 0.15) is 18.7 Å². The van der Waals surface area contributed by atoms with Crippen molar-refractivity contribution in [3.05, 3.63) is 53.5 Å². The van der Waals surface area contributed by atoms with Gasteiger partial charge in [0.15, 0.2) is 0 Å². The Balaban J connectivity index is 1.41. The third kappa shape index (κ3) is 5.35. The number of rotatable bonds is 9. The maximum Gasteiger partial charge on any atom is 0.257 e. The maximum atomic E-state index is 14.1. The van der Waals surface area contributed by atoms with Gasteiger partial charge in [0.05, 0.1) is 18.0 Å². The van der Waals surface area contributed by atoms with E-state index >= 15 is 0 Å². The van der Waals surface area contributed by atoms with E-state index in [1.807, 2.05) is 17.5 Å². The molecule has 0 aliphatic carbocycles. The Kier molecular flexibility index (Phi) is 7.71. The molecule has 1 saturated heterocycles. The number of benzene rings is 1. The largest absolute Gasteiger partial charge is 0.418 e. The molecule has 2 aromatic heterocycles. The van der Waals surface area contributed by atoms with Gasteiger partial charge in [-0.05, 0) is 36.4 Å². The highest BCUT2D eigenvalue weighted by Gasteiger charge is 2.35. The topological polar surface area (TPSA) is 106 Å². The summed E-state index contributed by atoms with van der Waals surface area (Å²) in [5.74, 6) is -0.574. The Morgan fingerprint density at radius 3 is 2.68 bits per heavy atom. The third-order valence-electron chi connectivity index (χ3n) is 5.66. The minimum atomic E-state index is -3.96. The molecular formula is C22H25FN4O5S2. The minimum absolute atomic E-state index is 0.129. The number of halogens is 1. The van der Waals surface area contributed by atoms with Crippen molar-refractivity contribution in [3.63, 3.8) is 0 Å². The van der Waals surface area contributed by atoms with Crippen LogP contribution in [0.5, 0.6) is 0 Å². The first kappa shape index (κ1) is 24.5. The monoisotopic (exact) mass is 508 g/mol. The molecule has 0 saturated carbocycles. The molecule has 0 bridgehead atoms. The summed E-state index contributed by atoms with van der Waals surface area (Å²) in [6, 6.07) is 9.07. The average molecular weight is 509 g/mol. The van der Waals surface area contributed by atoms with Crippen molar-refractivity contribution in [1.82, 2.24) is 19.4 Å². The van der Waals surface area contributed by atoms with Crippen LogP contribution < -0.4 is 0 Å². The van der Waals surface area contributed by atoms with Crippen LogP contribution in [-0.4, -0.2) is 67.1 Å². The van der Waals surface area contributed by atoms with Crippen LogP contribution in [0, 0.1) is 11.7 Å². The molecule has 34 heavy (non-hydrogen) atoms. The van der Waals surface area contributed by atoms with Gasteiger partial charge >= 0.3 is 0 Å². The molecule has 1 fully saturated rings. The van der Waals surface area contributed by atoms with E-state index in [2.05, 4.69) is 10.2 Å². The van der Waals surface area contributed by atoms with Crippen molar-refractivity contribution in [2.24, 2.45) is 5.92 Å². The van der Waals surface area contributed by atoms with Crippen molar-refractivity contribution in [1.29, 1.82) is 0 Å². The molecule has 0 spiro atoms. The highest BCUT2D eigenvalue weighted by Crippen LogP contribution is 2.27. The first-order valence-electron chi connectivity index (χ1n) is 10.8. The average Bonchev–Trinajstić information content (AvgIpc) is 3.54. The molecule has 182 valence electrons. The number of thiophene rings is 1. The lowest BCUT2D eigenvalue weighted by atomic mass is 9.96. The zero-order valence-electron chi connectivity index (χ0n) is 18.6. The summed E-state index contributed by atoms with van der Waals surface area (Å²) in [4.78, 5) is 15.4. The van der Waals surface area contributed by atoms with Gasteiger partial charge < -0.3 is 14.1 Å². The lowest BCUT2D eigenvalue weighted by Crippen LogP contribution is -2.45. The second kappa shape index (κ2) is 10.7. The number of piperidine rings is 1. The lowest BCUT2D eigenvalue weighted by molar-refractivity contribution is -0.138. The molecule has 1 aliphatic heterocycles. The number of amides is 1. The van der Waals surface area contributed by atoms with Crippen molar-refractivity contribution in [2.45, 2.75) is 24.3 Å². The quantitative estimate of drug-likeness (QED) is 0.437. The Hall–Kier alpha value is -2.67. The summed E-state index contributed by atoms with van der Waals surface area (Å²) < 4.78 is 51.9.